The molecule has 0 saturated heterocycles. The molecular formula is C19H17F2N3O3S. The predicted octanol–water partition coefficient (Wildman–Crippen LogP) is 4.61. The van der Waals surface area contributed by atoms with Gasteiger partial charge in [0.1, 0.15) is 17.4 Å². The van der Waals surface area contributed by atoms with Crippen LogP contribution in [-0.2, 0) is 4.79 Å². The van der Waals surface area contributed by atoms with Crippen LogP contribution in [0, 0.1) is 11.6 Å². The molecule has 0 aliphatic rings. The van der Waals surface area contributed by atoms with Gasteiger partial charge in [0.2, 0.25) is 5.91 Å². The first kappa shape index (κ1) is 19.8. The quantitative estimate of drug-likeness (QED) is 0.579. The summed E-state index contributed by atoms with van der Waals surface area (Å²) in [6.07, 6.45) is -0.546. The van der Waals surface area contributed by atoms with Gasteiger partial charge in [0.05, 0.1) is 5.25 Å². The molecule has 0 unspecified atom stereocenters. The van der Waals surface area contributed by atoms with Gasteiger partial charge in [-0.15, -0.1) is 10.2 Å². The third-order valence-electron chi connectivity index (χ3n) is 3.65. The van der Waals surface area contributed by atoms with Crippen LogP contribution in [0.5, 0.6) is 5.75 Å². The molecule has 6 nitrogen and oxygen atoms in total. The Bertz CT molecular complexity index is 932. The van der Waals surface area contributed by atoms with Crippen molar-refractivity contribution in [1.82, 2.24) is 10.2 Å². The zero-order chi connectivity index (χ0) is 20.1. The first-order valence-electron chi connectivity index (χ1n) is 8.39. The van der Waals surface area contributed by atoms with E-state index >= 15 is 0 Å². The van der Waals surface area contributed by atoms with Gasteiger partial charge in [-0.1, -0.05) is 11.8 Å². The Morgan fingerprint density at radius 1 is 1.04 bits per heavy atom. The van der Waals surface area contributed by atoms with Crippen molar-refractivity contribution in [3.05, 3.63) is 66.1 Å². The van der Waals surface area contributed by atoms with Crippen molar-refractivity contribution in [2.45, 2.75) is 30.4 Å². The van der Waals surface area contributed by atoms with Gasteiger partial charge in [-0.3, -0.25) is 4.79 Å². The van der Waals surface area contributed by atoms with Crippen LogP contribution in [0.2, 0.25) is 0 Å². The molecule has 1 N–H and O–H groups in total. The van der Waals surface area contributed by atoms with Gasteiger partial charge in [-0.05, 0) is 62.4 Å². The summed E-state index contributed by atoms with van der Waals surface area (Å²) in [5.41, 5.74) is 0.492. The smallest absolute Gasteiger partial charge is 0.277 e. The van der Waals surface area contributed by atoms with Crippen LogP contribution in [0.4, 0.5) is 14.5 Å². The van der Waals surface area contributed by atoms with E-state index in [1.165, 1.54) is 48.5 Å². The minimum atomic E-state index is -0.546. The van der Waals surface area contributed by atoms with E-state index in [0.29, 0.717) is 11.4 Å². The Morgan fingerprint density at radius 2 is 1.64 bits per heavy atom. The van der Waals surface area contributed by atoms with Crippen molar-refractivity contribution in [2.75, 3.05) is 5.32 Å². The summed E-state index contributed by atoms with van der Waals surface area (Å²) >= 11 is 1.09. The number of benzene rings is 2. The topological polar surface area (TPSA) is 77.2 Å². The third-order valence-corrected chi connectivity index (χ3v) is 4.59. The molecular weight excluding hydrogens is 388 g/mol. The standard InChI is InChI=1S/C19H17F2N3O3S/c1-11(26-16-9-5-14(21)6-10-16)18-23-24-19(27-18)28-12(2)17(25)22-15-7-3-13(20)4-8-15/h3-12H,1-2H3,(H,22,25)/t11-,12-/m0/s1. The van der Waals surface area contributed by atoms with Crippen LogP contribution < -0.4 is 10.1 Å². The second-order valence-electron chi connectivity index (χ2n) is 5.88. The van der Waals surface area contributed by atoms with Crippen molar-refractivity contribution in [2.24, 2.45) is 0 Å². The fourth-order valence-electron chi connectivity index (χ4n) is 2.18. The van der Waals surface area contributed by atoms with E-state index in [0.717, 1.165) is 11.8 Å². The summed E-state index contributed by atoms with van der Waals surface area (Å²) in [5, 5.41) is 10.2. The average molecular weight is 405 g/mol. The van der Waals surface area contributed by atoms with Crippen molar-refractivity contribution >= 4 is 23.4 Å². The van der Waals surface area contributed by atoms with Crippen LogP contribution in [0.25, 0.3) is 0 Å². The Labute approximate surface area is 164 Å². The highest BCUT2D eigenvalue weighted by Gasteiger charge is 2.21. The Balaban J connectivity index is 1.56. The molecule has 2 aromatic carbocycles. The maximum absolute atomic E-state index is 12.9. The van der Waals surface area contributed by atoms with E-state index in [1.807, 2.05) is 0 Å². The predicted molar refractivity (Wildman–Crippen MR) is 100 cm³/mol. The number of carbonyl (C=O) groups is 1. The van der Waals surface area contributed by atoms with E-state index in [2.05, 4.69) is 15.5 Å². The van der Waals surface area contributed by atoms with Crippen LogP contribution in [0.15, 0.2) is 58.2 Å². The lowest BCUT2D eigenvalue weighted by Crippen LogP contribution is -2.22. The number of aromatic nitrogens is 2. The lowest BCUT2D eigenvalue weighted by Gasteiger charge is -2.11. The highest BCUT2D eigenvalue weighted by Crippen LogP contribution is 2.27. The highest BCUT2D eigenvalue weighted by molar-refractivity contribution is 8.00. The molecule has 0 spiro atoms. The Hall–Kier alpha value is -2.94. The maximum Gasteiger partial charge on any atom is 0.277 e. The van der Waals surface area contributed by atoms with Gasteiger partial charge in [-0.2, -0.15) is 0 Å². The third kappa shape index (κ3) is 5.29. The van der Waals surface area contributed by atoms with Crippen molar-refractivity contribution in [3.8, 4) is 5.75 Å². The highest BCUT2D eigenvalue weighted by atomic mass is 32.2. The second kappa shape index (κ2) is 8.83. The summed E-state index contributed by atoms with van der Waals surface area (Å²) in [7, 11) is 0. The summed E-state index contributed by atoms with van der Waals surface area (Å²) in [6, 6.07) is 11.1. The first-order valence-corrected chi connectivity index (χ1v) is 9.27. The number of rotatable bonds is 7. The van der Waals surface area contributed by atoms with Crippen molar-refractivity contribution in [1.29, 1.82) is 0 Å². The Kier molecular flexibility index (Phi) is 6.25. The fraction of sp³-hybridized carbons (Fsp3) is 0.211. The largest absolute Gasteiger partial charge is 0.481 e. The molecule has 9 heteroatoms. The van der Waals surface area contributed by atoms with Gasteiger partial charge in [0.25, 0.3) is 11.1 Å². The van der Waals surface area contributed by atoms with E-state index in [4.69, 9.17) is 9.15 Å². The van der Waals surface area contributed by atoms with Crippen LogP contribution in [-0.4, -0.2) is 21.4 Å². The van der Waals surface area contributed by atoms with Crippen LogP contribution >= 0.6 is 11.8 Å². The van der Waals surface area contributed by atoms with Crippen LogP contribution in [0.1, 0.15) is 25.8 Å². The lowest BCUT2D eigenvalue weighted by molar-refractivity contribution is -0.115. The van der Waals surface area contributed by atoms with E-state index in [1.54, 1.807) is 13.8 Å². The SMILES string of the molecule is C[C@H](Sc1nnc([C@H](C)Oc2ccc(F)cc2)o1)C(=O)Nc1ccc(F)cc1. The van der Waals surface area contributed by atoms with Gasteiger partial charge >= 0.3 is 0 Å². The molecule has 0 radical (unpaired) electrons. The van der Waals surface area contributed by atoms with E-state index in [-0.39, 0.29) is 28.7 Å². The number of nitrogens with one attached hydrogen (secondary N) is 1. The molecule has 2 atom stereocenters. The minimum absolute atomic E-state index is 0.214. The summed E-state index contributed by atoms with van der Waals surface area (Å²) < 4.78 is 37.0. The number of hydrogen-bond donors (Lipinski definition) is 1. The molecule has 28 heavy (non-hydrogen) atoms. The maximum atomic E-state index is 12.9. The number of thioether (sulfide) groups is 1. The normalized spacial score (nSPS) is 13.0. The average Bonchev–Trinajstić information content (AvgIpc) is 3.14. The van der Waals surface area contributed by atoms with E-state index in [9.17, 15) is 13.6 Å². The zero-order valence-corrected chi connectivity index (χ0v) is 15.9. The summed E-state index contributed by atoms with van der Waals surface area (Å²) in [5.74, 6) is -0.321. The molecule has 0 saturated carbocycles. The van der Waals surface area contributed by atoms with Crippen molar-refractivity contribution in [3.63, 3.8) is 0 Å². The van der Waals surface area contributed by atoms with Crippen molar-refractivity contribution < 1.29 is 22.7 Å². The van der Waals surface area contributed by atoms with Crippen LogP contribution in [0.3, 0.4) is 0 Å². The summed E-state index contributed by atoms with van der Waals surface area (Å²) in [6.45, 7) is 3.40. The minimum Gasteiger partial charge on any atom is -0.481 e. The number of anilines is 1. The number of ether oxygens (including phenoxy) is 1. The zero-order valence-electron chi connectivity index (χ0n) is 15.1. The lowest BCUT2D eigenvalue weighted by atomic mass is 10.3. The molecule has 0 fully saturated rings. The molecule has 0 bridgehead atoms. The number of halogens is 2. The van der Waals surface area contributed by atoms with Gasteiger partial charge in [0, 0.05) is 5.69 Å². The first-order chi connectivity index (χ1) is 13.4. The second-order valence-corrected chi connectivity index (χ2v) is 7.17. The molecule has 1 amide bonds. The monoisotopic (exact) mass is 405 g/mol. The van der Waals surface area contributed by atoms with E-state index < -0.39 is 11.4 Å². The molecule has 0 aliphatic carbocycles. The van der Waals surface area contributed by atoms with Gasteiger partial charge in [0.15, 0.2) is 6.10 Å². The van der Waals surface area contributed by atoms with Gasteiger partial charge < -0.3 is 14.5 Å². The fourth-order valence-corrected chi connectivity index (χ4v) is 2.87. The number of nitrogens with zero attached hydrogens (tertiary/aromatic N) is 2. The number of amides is 1. The molecule has 1 heterocycles. The molecule has 146 valence electrons. The summed E-state index contributed by atoms with van der Waals surface area (Å²) in [4.78, 5) is 12.2. The number of carbonyl (C=O) groups excluding carboxylic acids is 1. The molecule has 1 aromatic heterocycles. The number of hydrogen-bond acceptors (Lipinski definition) is 6. The molecule has 0 aliphatic heterocycles. The Morgan fingerprint density at radius 3 is 2.29 bits per heavy atom. The molecule has 3 rings (SSSR count). The molecule has 3 aromatic rings. The van der Waals surface area contributed by atoms with Gasteiger partial charge in [-0.25, -0.2) is 8.78 Å².